The Morgan fingerprint density at radius 2 is 2.00 bits per heavy atom. The summed E-state index contributed by atoms with van der Waals surface area (Å²) < 4.78 is 10.9. The molecule has 1 fully saturated rings. The lowest BCUT2D eigenvalue weighted by molar-refractivity contribution is -0.120. The van der Waals surface area contributed by atoms with Gasteiger partial charge in [-0.15, -0.1) is 0 Å². The molecule has 0 radical (unpaired) electrons. The van der Waals surface area contributed by atoms with Crippen LogP contribution in [0.25, 0.3) is 0 Å². The lowest BCUT2D eigenvalue weighted by atomic mass is 9.90. The van der Waals surface area contributed by atoms with Crippen molar-refractivity contribution in [3.63, 3.8) is 0 Å². The first-order chi connectivity index (χ1) is 7.72. The van der Waals surface area contributed by atoms with Gasteiger partial charge in [-0.05, 0) is 17.7 Å². The molecule has 1 heterocycles. The second-order valence-electron chi connectivity index (χ2n) is 4.55. The summed E-state index contributed by atoms with van der Waals surface area (Å²) in [6.45, 7) is 4.84. The molecule has 1 aromatic rings. The van der Waals surface area contributed by atoms with E-state index in [1.165, 1.54) is 0 Å². The molecule has 1 aliphatic heterocycles. The van der Waals surface area contributed by atoms with E-state index in [0.29, 0.717) is 13.2 Å². The Balaban J connectivity index is 1.85. The fourth-order valence-corrected chi connectivity index (χ4v) is 1.57. The van der Waals surface area contributed by atoms with E-state index in [1.807, 2.05) is 24.3 Å². The first-order valence-corrected chi connectivity index (χ1v) is 5.33. The molecule has 1 saturated heterocycles. The first-order valence-electron chi connectivity index (χ1n) is 5.33. The maximum Gasteiger partial charge on any atom is 0.119 e. The Morgan fingerprint density at radius 3 is 2.50 bits per heavy atom. The Bertz CT molecular complexity index is 333. The van der Waals surface area contributed by atoms with Crippen LogP contribution in [-0.2, 0) is 16.2 Å². The zero-order chi connectivity index (χ0) is 11.4. The van der Waals surface area contributed by atoms with Gasteiger partial charge in [-0.3, -0.25) is 4.84 Å². The number of rotatable bonds is 5. The summed E-state index contributed by atoms with van der Waals surface area (Å²) in [6.07, 6.45) is 0. The van der Waals surface area contributed by atoms with Crippen LogP contribution in [0.15, 0.2) is 24.3 Å². The second kappa shape index (κ2) is 4.82. The van der Waals surface area contributed by atoms with Gasteiger partial charge in [0.05, 0.1) is 26.4 Å². The predicted molar refractivity (Wildman–Crippen MR) is 59.8 cm³/mol. The SMILES string of the molecule is CC1(COc2ccc(CON)cc2)COC1. The Morgan fingerprint density at radius 1 is 1.31 bits per heavy atom. The number of hydrogen-bond donors (Lipinski definition) is 1. The van der Waals surface area contributed by atoms with Gasteiger partial charge in [0.2, 0.25) is 0 Å². The summed E-state index contributed by atoms with van der Waals surface area (Å²) in [6, 6.07) is 7.75. The Labute approximate surface area is 95.2 Å². The van der Waals surface area contributed by atoms with Crippen molar-refractivity contribution >= 4 is 0 Å². The molecule has 16 heavy (non-hydrogen) atoms. The molecule has 0 saturated carbocycles. The van der Waals surface area contributed by atoms with Gasteiger partial charge in [0.1, 0.15) is 5.75 Å². The monoisotopic (exact) mass is 223 g/mol. The fraction of sp³-hybridized carbons (Fsp3) is 0.500. The molecule has 0 amide bonds. The number of benzene rings is 1. The zero-order valence-corrected chi connectivity index (χ0v) is 9.44. The minimum Gasteiger partial charge on any atom is -0.493 e. The molecule has 0 bridgehead atoms. The van der Waals surface area contributed by atoms with E-state index >= 15 is 0 Å². The van der Waals surface area contributed by atoms with Crippen LogP contribution >= 0.6 is 0 Å². The molecule has 0 aliphatic carbocycles. The van der Waals surface area contributed by atoms with Crippen molar-refractivity contribution in [1.29, 1.82) is 0 Å². The van der Waals surface area contributed by atoms with Crippen LogP contribution in [0.3, 0.4) is 0 Å². The largest absolute Gasteiger partial charge is 0.493 e. The molecular weight excluding hydrogens is 206 g/mol. The third kappa shape index (κ3) is 2.72. The van der Waals surface area contributed by atoms with Crippen LogP contribution in [0.1, 0.15) is 12.5 Å². The standard InChI is InChI=1S/C12H17NO3/c1-12(7-14-8-12)9-15-11-4-2-10(3-5-11)6-16-13/h2-5H,6-9,13H2,1H3. The van der Waals surface area contributed by atoms with Gasteiger partial charge in [-0.1, -0.05) is 19.1 Å². The maximum absolute atomic E-state index is 5.69. The van der Waals surface area contributed by atoms with E-state index in [0.717, 1.165) is 24.5 Å². The summed E-state index contributed by atoms with van der Waals surface area (Å²) in [7, 11) is 0. The molecule has 2 N–H and O–H groups in total. The molecule has 1 aliphatic rings. The van der Waals surface area contributed by atoms with Crippen LogP contribution in [0, 0.1) is 5.41 Å². The smallest absolute Gasteiger partial charge is 0.119 e. The quantitative estimate of drug-likeness (QED) is 0.768. The van der Waals surface area contributed by atoms with Crippen LogP contribution in [0.5, 0.6) is 5.75 Å². The lowest BCUT2D eigenvalue weighted by Crippen LogP contribution is -2.44. The molecule has 2 rings (SSSR count). The van der Waals surface area contributed by atoms with Gasteiger partial charge in [-0.2, -0.15) is 0 Å². The Hall–Kier alpha value is -1.10. The van der Waals surface area contributed by atoms with Crippen LogP contribution in [0.2, 0.25) is 0 Å². The van der Waals surface area contributed by atoms with Crippen LogP contribution in [0.4, 0.5) is 0 Å². The van der Waals surface area contributed by atoms with Gasteiger partial charge < -0.3 is 9.47 Å². The lowest BCUT2D eigenvalue weighted by Gasteiger charge is -2.37. The summed E-state index contributed by atoms with van der Waals surface area (Å²) in [5.74, 6) is 5.86. The summed E-state index contributed by atoms with van der Waals surface area (Å²) in [5.41, 5.74) is 1.21. The van der Waals surface area contributed by atoms with Gasteiger partial charge in [-0.25, -0.2) is 5.90 Å². The highest BCUT2D eigenvalue weighted by atomic mass is 16.6. The van der Waals surface area contributed by atoms with Crippen molar-refractivity contribution in [3.8, 4) is 5.75 Å². The summed E-state index contributed by atoms with van der Waals surface area (Å²) in [5, 5.41) is 0. The third-order valence-electron chi connectivity index (χ3n) is 2.66. The molecule has 4 nitrogen and oxygen atoms in total. The van der Waals surface area contributed by atoms with E-state index in [1.54, 1.807) is 0 Å². The highest BCUT2D eigenvalue weighted by Crippen LogP contribution is 2.27. The van der Waals surface area contributed by atoms with Crippen LogP contribution in [-0.4, -0.2) is 19.8 Å². The molecule has 1 aromatic carbocycles. The van der Waals surface area contributed by atoms with Crippen molar-refractivity contribution in [1.82, 2.24) is 0 Å². The van der Waals surface area contributed by atoms with Gasteiger partial charge in [0, 0.05) is 5.41 Å². The maximum atomic E-state index is 5.69. The molecule has 0 spiro atoms. The van der Waals surface area contributed by atoms with E-state index < -0.39 is 0 Å². The van der Waals surface area contributed by atoms with E-state index in [4.69, 9.17) is 15.4 Å². The molecule has 4 heteroatoms. The van der Waals surface area contributed by atoms with E-state index in [-0.39, 0.29) is 5.41 Å². The predicted octanol–water partition coefficient (Wildman–Crippen LogP) is 1.49. The first kappa shape index (κ1) is 11.4. The second-order valence-corrected chi connectivity index (χ2v) is 4.55. The molecule has 88 valence electrons. The summed E-state index contributed by atoms with van der Waals surface area (Å²) in [4.78, 5) is 4.55. The normalized spacial score (nSPS) is 17.9. The third-order valence-corrected chi connectivity index (χ3v) is 2.66. The Kier molecular flexibility index (Phi) is 3.43. The van der Waals surface area contributed by atoms with E-state index in [9.17, 15) is 0 Å². The average Bonchev–Trinajstić information content (AvgIpc) is 2.26. The van der Waals surface area contributed by atoms with Gasteiger partial charge in [0.25, 0.3) is 0 Å². The fourth-order valence-electron chi connectivity index (χ4n) is 1.57. The van der Waals surface area contributed by atoms with Crippen molar-refractivity contribution < 1.29 is 14.3 Å². The zero-order valence-electron chi connectivity index (χ0n) is 9.44. The average molecular weight is 223 g/mol. The van der Waals surface area contributed by atoms with E-state index in [2.05, 4.69) is 11.8 Å². The number of ether oxygens (including phenoxy) is 2. The molecule has 0 unspecified atom stereocenters. The minimum atomic E-state index is 0.180. The molecule has 0 atom stereocenters. The minimum absolute atomic E-state index is 0.180. The highest BCUT2D eigenvalue weighted by Gasteiger charge is 2.34. The highest BCUT2D eigenvalue weighted by molar-refractivity contribution is 5.26. The van der Waals surface area contributed by atoms with Gasteiger partial charge >= 0.3 is 0 Å². The van der Waals surface area contributed by atoms with Crippen molar-refractivity contribution in [2.45, 2.75) is 13.5 Å². The molecule has 0 aromatic heterocycles. The van der Waals surface area contributed by atoms with Gasteiger partial charge in [0.15, 0.2) is 0 Å². The van der Waals surface area contributed by atoms with Crippen molar-refractivity contribution in [2.75, 3.05) is 19.8 Å². The number of nitrogens with two attached hydrogens (primary N) is 1. The van der Waals surface area contributed by atoms with Crippen molar-refractivity contribution in [2.24, 2.45) is 11.3 Å². The molecular formula is C12H17NO3. The topological polar surface area (TPSA) is 53.7 Å². The number of hydrogen-bond acceptors (Lipinski definition) is 4. The van der Waals surface area contributed by atoms with Crippen molar-refractivity contribution in [3.05, 3.63) is 29.8 Å². The van der Waals surface area contributed by atoms with Crippen LogP contribution < -0.4 is 10.6 Å². The summed E-state index contributed by atoms with van der Waals surface area (Å²) >= 11 is 0.